The van der Waals surface area contributed by atoms with Crippen molar-refractivity contribution in [3.05, 3.63) is 0 Å². The van der Waals surface area contributed by atoms with Crippen LogP contribution >= 0.6 is 0 Å². The highest BCUT2D eigenvalue weighted by atomic mass is 32.2. The maximum atomic E-state index is 11.2. The molecule has 0 radical (unpaired) electrons. The van der Waals surface area contributed by atoms with Crippen LogP contribution in [0.25, 0.3) is 0 Å². The first kappa shape index (κ1) is 11.9. The highest BCUT2D eigenvalue weighted by Gasteiger charge is 2.36. The van der Waals surface area contributed by atoms with Crippen molar-refractivity contribution in [3.8, 4) is 0 Å². The standard InChI is InChI=1S/C6H10O6S/c1-3(5(7)8)13(11,12)4(2)6(9)10/h3-4H,1-2H3,(H,7,8)(H,9,10). The molecule has 2 N–H and O–H groups in total. The van der Waals surface area contributed by atoms with Gasteiger partial charge in [0.15, 0.2) is 20.3 Å². The molecule has 0 rings (SSSR count). The molecule has 0 saturated carbocycles. The van der Waals surface area contributed by atoms with Crippen LogP contribution in [0, 0.1) is 0 Å². The second-order valence-corrected chi connectivity index (χ2v) is 5.14. The van der Waals surface area contributed by atoms with Crippen molar-refractivity contribution in [2.24, 2.45) is 0 Å². The summed E-state index contributed by atoms with van der Waals surface area (Å²) < 4.78 is 22.3. The topological polar surface area (TPSA) is 109 Å². The summed E-state index contributed by atoms with van der Waals surface area (Å²) in [4.78, 5) is 20.6. The molecule has 0 fully saturated rings. The fourth-order valence-electron chi connectivity index (χ4n) is 0.587. The largest absolute Gasteiger partial charge is 0.480 e. The summed E-state index contributed by atoms with van der Waals surface area (Å²) in [6.45, 7) is 1.88. The van der Waals surface area contributed by atoms with Gasteiger partial charge in [0.1, 0.15) is 0 Å². The van der Waals surface area contributed by atoms with Gasteiger partial charge in [0.05, 0.1) is 0 Å². The van der Waals surface area contributed by atoms with Gasteiger partial charge in [-0.15, -0.1) is 0 Å². The van der Waals surface area contributed by atoms with Gasteiger partial charge in [0.25, 0.3) is 0 Å². The molecule has 13 heavy (non-hydrogen) atoms. The van der Waals surface area contributed by atoms with E-state index in [1.165, 1.54) is 0 Å². The molecule has 0 aromatic carbocycles. The Balaban J connectivity index is 4.99. The van der Waals surface area contributed by atoms with Crippen LogP contribution in [0.1, 0.15) is 13.8 Å². The lowest BCUT2D eigenvalue weighted by molar-refractivity contribution is -0.136. The summed E-state index contributed by atoms with van der Waals surface area (Å²) in [6.07, 6.45) is 0. The molecule has 0 heterocycles. The zero-order chi connectivity index (χ0) is 10.8. The first-order valence-corrected chi connectivity index (χ1v) is 5.00. The van der Waals surface area contributed by atoms with Crippen LogP contribution in [0.2, 0.25) is 0 Å². The van der Waals surface area contributed by atoms with E-state index in [2.05, 4.69) is 0 Å². The van der Waals surface area contributed by atoms with Crippen molar-refractivity contribution in [2.45, 2.75) is 24.3 Å². The normalized spacial score (nSPS) is 16.2. The third kappa shape index (κ3) is 2.41. The van der Waals surface area contributed by atoms with Gasteiger partial charge in [-0.05, 0) is 13.8 Å². The summed E-state index contributed by atoms with van der Waals surface area (Å²) in [7, 11) is -4.14. The number of sulfone groups is 1. The molecule has 2 unspecified atom stereocenters. The SMILES string of the molecule is CC(C(=O)O)S(=O)(=O)C(C)C(=O)O. The van der Waals surface area contributed by atoms with Gasteiger partial charge < -0.3 is 10.2 Å². The molecule has 0 aromatic heterocycles. The van der Waals surface area contributed by atoms with Crippen molar-refractivity contribution in [2.75, 3.05) is 0 Å². The Kier molecular flexibility index (Phi) is 3.42. The average Bonchev–Trinajstić information content (AvgIpc) is 2.01. The number of hydrogen-bond acceptors (Lipinski definition) is 4. The lowest BCUT2D eigenvalue weighted by Crippen LogP contribution is -2.38. The Morgan fingerprint density at radius 3 is 1.38 bits per heavy atom. The molecular weight excluding hydrogens is 200 g/mol. The van der Waals surface area contributed by atoms with Crippen LogP contribution in [-0.2, 0) is 19.4 Å². The minimum absolute atomic E-state index is 0.942. The molecular formula is C6H10O6S. The van der Waals surface area contributed by atoms with Crippen LogP contribution < -0.4 is 0 Å². The minimum atomic E-state index is -4.14. The second kappa shape index (κ2) is 3.73. The molecule has 0 bridgehead atoms. The number of rotatable bonds is 4. The summed E-state index contributed by atoms with van der Waals surface area (Å²) in [6, 6.07) is 0. The second-order valence-electron chi connectivity index (χ2n) is 2.55. The van der Waals surface area contributed by atoms with Gasteiger partial charge in [-0.1, -0.05) is 0 Å². The van der Waals surface area contributed by atoms with E-state index in [1.54, 1.807) is 0 Å². The van der Waals surface area contributed by atoms with Crippen molar-refractivity contribution in [1.29, 1.82) is 0 Å². The molecule has 6 nitrogen and oxygen atoms in total. The molecule has 0 aromatic rings. The molecule has 0 saturated heterocycles. The van der Waals surface area contributed by atoms with Crippen LogP contribution in [0.15, 0.2) is 0 Å². The Bertz CT molecular complexity index is 290. The first-order valence-electron chi connectivity index (χ1n) is 3.39. The van der Waals surface area contributed by atoms with E-state index in [-0.39, 0.29) is 0 Å². The third-order valence-corrected chi connectivity index (χ3v) is 4.06. The van der Waals surface area contributed by atoms with Crippen LogP contribution in [0.3, 0.4) is 0 Å². The van der Waals surface area contributed by atoms with Gasteiger partial charge in [0, 0.05) is 0 Å². The lowest BCUT2D eigenvalue weighted by Gasteiger charge is -2.11. The van der Waals surface area contributed by atoms with E-state index in [0.717, 1.165) is 13.8 Å². The van der Waals surface area contributed by atoms with E-state index < -0.39 is 32.3 Å². The lowest BCUT2D eigenvalue weighted by atomic mass is 10.5. The maximum absolute atomic E-state index is 11.2. The van der Waals surface area contributed by atoms with E-state index in [4.69, 9.17) is 10.2 Å². The Hall–Kier alpha value is -1.11. The fourth-order valence-corrected chi connectivity index (χ4v) is 1.76. The summed E-state index contributed by atoms with van der Waals surface area (Å²) >= 11 is 0. The average molecular weight is 210 g/mol. The molecule has 76 valence electrons. The first-order chi connectivity index (χ1) is 5.71. The molecule has 0 aliphatic heterocycles. The number of carboxylic acids is 2. The van der Waals surface area contributed by atoms with Crippen molar-refractivity contribution in [1.82, 2.24) is 0 Å². The van der Waals surface area contributed by atoms with Crippen LogP contribution in [0.4, 0.5) is 0 Å². The monoisotopic (exact) mass is 210 g/mol. The summed E-state index contributed by atoms with van der Waals surface area (Å²) in [5.74, 6) is -3.10. The molecule has 7 heteroatoms. The number of carbonyl (C=O) groups is 2. The van der Waals surface area contributed by atoms with Crippen molar-refractivity contribution < 1.29 is 28.2 Å². The zero-order valence-electron chi connectivity index (χ0n) is 7.09. The number of carboxylic acid groups (broad SMARTS) is 2. The van der Waals surface area contributed by atoms with E-state index >= 15 is 0 Å². The predicted octanol–water partition coefficient (Wildman–Crippen LogP) is -0.653. The number of hydrogen-bond donors (Lipinski definition) is 2. The Morgan fingerprint density at radius 1 is 1.00 bits per heavy atom. The molecule has 2 atom stereocenters. The smallest absolute Gasteiger partial charge is 0.321 e. The van der Waals surface area contributed by atoms with E-state index in [9.17, 15) is 18.0 Å². The Labute approximate surface area is 75.1 Å². The highest BCUT2D eigenvalue weighted by Crippen LogP contribution is 2.09. The van der Waals surface area contributed by atoms with Crippen molar-refractivity contribution in [3.63, 3.8) is 0 Å². The van der Waals surface area contributed by atoms with Crippen LogP contribution in [0.5, 0.6) is 0 Å². The van der Waals surface area contributed by atoms with E-state index in [1.807, 2.05) is 0 Å². The Morgan fingerprint density at radius 2 is 1.23 bits per heavy atom. The number of aliphatic carboxylic acids is 2. The zero-order valence-corrected chi connectivity index (χ0v) is 7.91. The molecule has 0 aliphatic rings. The quantitative estimate of drug-likeness (QED) is 0.638. The van der Waals surface area contributed by atoms with Gasteiger partial charge >= 0.3 is 11.9 Å². The van der Waals surface area contributed by atoms with Crippen molar-refractivity contribution >= 4 is 21.8 Å². The van der Waals surface area contributed by atoms with E-state index in [0.29, 0.717) is 0 Å². The van der Waals surface area contributed by atoms with Gasteiger partial charge in [-0.3, -0.25) is 9.59 Å². The van der Waals surface area contributed by atoms with Gasteiger partial charge in [0.2, 0.25) is 0 Å². The molecule has 0 aliphatic carbocycles. The maximum Gasteiger partial charge on any atom is 0.321 e. The van der Waals surface area contributed by atoms with Crippen LogP contribution in [-0.4, -0.2) is 41.1 Å². The third-order valence-electron chi connectivity index (χ3n) is 1.68. The summed E-state index contributed by atoms with van der Waals surface area (Å²) in [5.41, 5.74) is 0. The van der Waals surface area contributed by atoms with Gasteiger partial charge in [-0.2, -0.15) is 0 Å². The van der Waals surface area contributed by atoms with Gasteiger partial charge in [-0.25, -0.2) is 8.42 Å². The molecule has 0 spiro atoms. The fraction of sp³-hybridized carbons (Fsp3) is 0.667. The predicted molar refractivity (Wildman–Crippen MR) is 43.1 cm³/mol. The highest BCUT2D eigenvalue weighted by molar-refractivity contribution is 7.94. The summed E-state index contributed by atoms with van der Waals surface area (Å²) in [5, 5.41) is 13.4. The molecule has 0 amide bonds. The minimum Gasteiger partial charge on any atom is -0.480 e.